The fourth-order valence-corrected chi connectivity index (χ4v) is 6.22. The molecule has 2 aromatic rings. The molecule has 0 amide bonds. The maximum absolute atomic E-state index is 13.4. The molecule has 4 rings (SSSR count). The molecule has 6 heteroatoms. The molecule has 0 saturated carbocycles. The van der Waals surface area contributed by atoms with E-state index in [-0.39, 0.29) is 6.04 Å². The summed E-state index contributed by atoms with van der Waals surface area (Å²) in [7, 11) is -3.53. The van der Waals surface area contributed by atoms with Gasteiger partial charge in [-0.05, 0) is 75.3 Å². The highest BCUT2D eigenvalue weighted by atomic mass is 32.2. The summed E-state index contributed by atoms with van der Waals surface area (Å²) in [5.41, 5.74) is 3.24. The van der Waals surface area contributed by atoms with E-state index in [1.54, 1.807) is 16.4 Å². The first kappa shape index (κ1) is 20.4. The molecule has 1 aromatic heterocycles. The van der Waals surface area contributed by atoms with Crippen molar-refractivity contribution < 1.29 is 8.42 Å². The largest absolute Gasteiger partial charge is 0.357 e. The first-order valence-electron chi connectivity index (χ1n) is 10.8. The van der Waals surface area contributed by atoms with Gasteiger partial charge in [0.15, 0.2) is 0 Å². The molecule has 0 N–H and O–H groups in total. The summed E-state index contributed by atoms with van der Waals surface area (Å²) in [5, 5.41) is 0. The van der Waals surface area contributed by atoms with Gasteiger partial charge in [0.25, 0.3) is 0 Å². The molecule has 1 atom stereocenters. The van der Waals surface area contributed by atoms with Gasteiger partial charge in [-0.15, -0.1) is 0 Å². The Kier molecular flexibility index (Phi) is 5.93. The topological polar surface area (TPSA) is 53.5 Å². The number of benzene rings is 1. The Morgan fingerprint density at radius 1 is 0.931 bits per heavy atom. The molecule has 156 valence electrons. The van der Waals surface area contributed by atoms with Crippen molar-refractivity contribution in [1.29, 1.82) is 0 Å². The maximum atomic E-state index is 13.4. The Hall–Kier alpha value is -1.92. The molecular formula is C23H31N3O2S. The van der Waals surface area contributed by atoms with Crippen molar-refractivity contribution in [3.8, 4) is 0 Å². The minimum atomic E-state index is -3.53. The molecule has 1 aromatic carbocycles. The lowest BCUT2D eigenvalue weighted by molar-refractivity contribution is 0.255. The van der Waals surface area contributed by atoms with Gasteiger partial charge >= 0.3 is 0 Å². The van der Waals surface area contributed by atoms with Gasteiger partial charge in [-0.2, -0.15) is 4.31 Å². The first-order chi connectivity index (χ1) is 14.0. The van der Waals surface area contributed by atoms with Crippen LogP contribution in [0.1, 0.15) is 61.3 Å². The van der Waals surface area contributed by atoms with Gasteiger partial charge in [0, 0.05) is 25.8 Å². The quantitative estimate of drug-likeness (QED) is 0.735. The molecule has 2 aliphatic heterocycles. The van der Waals surface area contributed by atoms with Gasteiger partial charge in [0.2, 0.25) is 10.0 Å². The Balaban J connectivity index is 1.64. The number of aromatic nitrogens is 1. The highest BCUT2D eigenvalue weighted by Crippen LogP contribution is 2.37. The Bertz CT molecular complexity index is 951. The van der Waals surface area contributed by atoms with Crippen LogP contribution in [0.4, 0.5) is 5.82 Å². The molecule has 2 aliphatic rings. The summed E-state index contributed by atoms with van der Waals surface area (Å²) < 4.78 is 28.5. The van der Waals surface area contributed by atoms with E-state index in [2.05, 4.69) is 17.9 Å². The number of nitrogens with zero attached hydrogens (tertiary/aromatic N) is 3. The molecule has 2 fully saturated rings. The molecule has 0 spiro atoms. The molecule has 5 nitrogen and oxygen atoms in total. The van der Waals surface area contributed by atoms with Crippen LogP contribution < -0.4 is 4.90 Å². The smallest absolute Gasteiger partial charge is 0.243 e. The third-order valence-corrected chi connectivity index (χ3v) is 8.18. The van der Waals surface area contributed by atoms with Crippen molar-refractivity contribution in [2.45, 2.75) is 63.3 Å². The summed E-state index contributed by atoms with van der Waals surface area (Å²) in [6.45, 7) is 6.75. The number of anilines is 1. The summed E-state index contributed by atoms with van der Waals surface area (Å²) >= 11 is 0. The Labute approximate surface area is 174 Å². The van der Waals surface area contributed by atoms with Crippen molar-refractivity contribution >= 4 is 15.8 Å². The maximum Gasteiger partial charge on any atom is 0.243 e. The third-order valence-electron chi connectivity index (χ3n) is 6.26. The predicted octanol–water partition coefficient (Wildman–Crippen LogP) is 4.60. The number of aryl methyl sites for hydroxylation is 2. The third kappa shape index (κ3) is 4.19. The lowest BCUT2D eigenvalue weighted by Gasteiger charge is -2.36. The van der Waals surface area contributed by atoms with Gasteiger partial charge in [0.1, 0.15) is 5.82 Å². The minimum Gasteiger partial charge on any atom is -0.357 e. The number of rotatable bonds is 4. The summed E-state index contributed by atoms with van der Waals surface area (Å²) in [6.07, 6.45) is 8.43. The summed E-state index contributed by atoms with van der Waals surface area (Å²) in [5.74, 6) is 1.02. The van der Waals surface area contributed by atoms with Crippen molar-refractivity contribution in [1.82, 2.24) is 9.29 Å². The van der Waals surface area contributed by atoms with E-state index in [1.165, 1.54) is 19.3 Å². The zero-order valence-electron chi connectivity index (χ0n) is 17.5. The zero-order valence-corrected chi connectivity index (χ0v) is 18.3. The van der Waals surface area contributed by atoms with Gasteiger partial charge in [-0.1, -0.05) is 24.1 Å². The normalized spacial score (nSPS) is 21.3. The molecule has 0 unspecified atom stereocenters. The molecular weight excluding hydrogens is 382 g/mol. The van der Waals surface area contributed by atoms with Gasteiger partial charge in [-0.3, -0.25) is 0 Å². The van der Waals surface area contributed by atoms with E-state index in [9.17, 15) is 8.42 Å². The van der Waals surface area contributed by atoms with E-state index in [1.807, 2.05) is 25.3 Å². The molecule has 0 aliphatic carbocycles. The average Bonchev–Trinajstić information content (AvgIpc) is 2.75. The lowest BCUT2D eigenvalue weighted by atomic mass is 9.95. The predicted molar refractivity (Wildman–Crippen MR) is 117 cm³/mol. The van der Waals surface area contributed by atoms with Crippen molar-refractivity contribution in [2.75, 3.05) is 24.5 Å². The number of piperidine rings is 2. The fourth-order valence-electron chi connectivity index (χ4n) is 4.55. The van der Waals surface area contributed by atoms with Crippen molar-refractivity contribution in [3.05, 3.63) is 53.2 Å². The SMILES string of the molecule is Cc1ccc(S(=O)(=O)N2CCCC[C@H]2c2cnc(N3CCCCC3)cc2C)cc1. The fraction of sp³-hybridized carbons (Fsp3) is 0.522. The minimum absolute atomic E-state index is 0.141. The Morgan fingerprint density at radius 3 is 2.31 bits per heavy atom. The van der Waals surface area contributed by atoms with E-state index < -0.39 is 10.0 Å². The van der Waals surface area contributed by atoms with E-state index in [0.29, 0.717) is 11.4 Å². The zero-order chi connectivity index (χ0) is 20.4. The molecule has 3 heterocycles. The van der Waals surface area contributed by atoms with Crippen LogP contribution in [-0.2, 0) is 10.0 Å². The monoisotopic (exact) mass is 413 g/mol. The van der Waals surface area contributed by atoms with Crippen molar-refractivity contribution in [3.63, 3.8) is 0 Å². The number of hydrogen-bond acceptors (Lipinski definition) is 4. The van der Waals surface area contributed by atoms with Crippen molar-refractivity contribution in [2.24, 2.45) is 0 Å². The summed E-state index contributed by atoms with van der Waals surface area (Å²) in [4.78, 5) is 7.47. The molecule has 29 heavy (non-hydrogen) atoms. The molecule has 2 saturated heterocycles. The summed E-state index contributed by atoms with van der Waals surface area (Å²) in [6, 6.07) is 9.18. The van der Waals surface area contributed by atoms with Crippen LogP contribution >= 0.6 is 0 Å². The van der Waals surface area contributed by atoms with Crippen LogP contribution in [0.15, 0.2) is 41.4 Å². The molecule has 0 radical (unpaired) electrons. The number of pyridine rings is 1. The number of sulfonamides is 1. The van der Waals surface area contributed by atoms with Gasteiger partial charge in [-0.25, -0.2) is 13.4 Å². The van der Waals surface area contributed by atoms with Gasteiger partial charge < -0.3 is 4.90 Å². The van der Waals surface area contributed by atoms with E-state index in [4.69, 9.17) is 4.98 Å². The van der Waals surface area contributed by atoms with E-state index >= 15 is 0 Å². The second-order valence-corrected chi connectivity index (χ2v) is 10.3. The van der Waals surface area contributed by atoms with Gasteiger partial charge in [0.05, 0.1) is 10.9 Å². The lowest BCUT2D eigenvalue weighted by Crippen LogP contribution is -2.39. The highest BCUT2D eigenvalue weighted by molar-refractivity contribution is 7.89. The number of hydrogen-bond donors (Lipinski definition) is 0. The Morgan fingerprint density at radius 2 is 1.62 bits per heavy atom. The van der Waals surface area contributed by atoms with E-state index in [0.717, 1.165) is 54.9 Å². The van der Waals surface area contributed by atoms with Crippen LogP contribution in [0.25, 0.3) is 0 Å². The second-order valence-electron chi connectivity index (χ2n) is 8.39. The standard InChI is InChI=1S/C23H31N3O2S/c1-18-9-11-20(12-10-18)29(27,28)26-15-7-4-8-22(26)21-17-24-23(16-19(21)2)25-13-5-3-6-14-25/h9-12,16-17,22H,3-8,13-15H2,1-2H3/t22-/m0/s1. The first-order valence-corrected chi connectivity index (χ1v) is 12.2. The van der Waals surface area contributed by atoms with Crippen LogP contribution in [-0.4, -0.2) is 37.3 Å². The second kappa shape index (κ2) is 8.44. The van der Waals surface area contributed by atoms with Crippen LogP contribution in [0, 0.1) is 13.8 Å². The average molecular weight is 414 g/mol. The molecule has 0 bridgehead atoms. The van der Waals surface area contributed by atoms with Crippen LogP contribution in [0.2, 0.25) is 0 Å². The van der Waals surface area contributed by atoms with Crippen LogP contribution in [0.5, 0.6) is 0 Å². The highest BCUT2D eigenvalue weighted by Gasteiger charge is 2.35. The van der Waals surface area contributed by atoms with Crippen LogP contribution in [0.3, 0.4) is 0 Å².